The van der Waals surface area contributed by atoms with Crippen molar-refractivity contribution >= 4 is 16.9 Å². The molecule has 0 atom stereocenters. The van der Waals surface area contributed by atoms with Gasteiger partial charge in [0.2, 0.25) is 0 Å². The molecule has 0 bridgehead atoms. The third kappa shape index (κ3) is 2.30. The Morgan fingerprint density at radius 3 is 2.42 bits per heavy atom. The van der Waals surface area contributed by atoms with Crippen LogP contribution in [0.1, 0.15) is 0 Å². The molecular formula is C16H10F4N6. The van der Waals surface area contributed by atoms with Crippen LogP contribution in [0.15, 0.2) is 24.7 Å². The molecule has 0 saturated carbocycles. The normalized spacial score (nSPS) is 11.4. The fraction of sp³-hybridized carbons (Fsp3) is 0.0625. The molecule has 6 nitrogen and oxygen atoms in total. The molecular weight excluding hydrogens is 352 g/mol. The van der Waals surface area contributed by atoms with Gasteiger partial charge in [-0.25, -0.2) is 27.5 Å². The summed E-state index contributed by atoms with van der Waals surface area (Å²) in [4.78, 5) is 10.3. The fourth-order valence-electron chi connectivity index (χ4n) is 2.62. The average molecular weight is 362 g/mol. The van der Waals surface area contributed by atoms with Crippen LogP contribution in [0.4, 0.5) is 23.4 Å². The SMILES string of the molecule is Cn1cc(-c2cnc(N)c(-c3nc4c(F)c(F)c(F)c(F)c4[nH]3)c2)cn1. The Balaban J connectivity index is 1.93. The third-order valence-corrected chi connectivity index (χ3v) is 3.92. The second-order valence-corrected chi connectivity index (χ2v) is 5.62. The summed E-state index contributed by atoms with van der Waals surface area (Å²) in [5.41, 5.74) is 6.15. The highest BCUT2D eigenvalue weighted by Gasteiger charge is 2.24. The molecule has 132 valence electrons. The van der Waals surface area contributed by atoms with Crippen molar-refractivity contribution in [1.29, 1.82) is 0 Å². The molecule has 0 saturated heterocycles. The van der Waals surface area contributed by atoms with Crippen molar-refractivity contribution in [3.63, 3.8) is 0 Å². The van der Waals surface area contributed by atoms with Crippen LogP contribution in [0, 0.1) is 23.3 Å². The van der Waals surface area contributed by atoms with Gasteiger partial charge in [-0.15, -0.1) is 0 Å². The monoisotopic (exact) mass is 362 g/mol. The third-order valence-electron chi connectivity index (χ3n) is 3.92. The van der Waals surface area contributed by atoms with E-state index >= 15 is 0 Å². The van der Waals surface area contributed by atoms with E-state index in [2.05, 4.69) is 20.1 Å². The number of aryl methyl sites for hydroxylation is 1. The summed E-state index contributed by atoms with van der Waals surface area (Å²) < 4.78 is 56.2. The maximum absolute atomic E-state index is 13.9. The van der Waals surface area contributed by atoms with E-state index in [0.717, 1.165) is 5.56 Å². The van der Waals surface area contributed by atoms with Crippen LogP contribution < -0.4 is 5.73 Å². The van der Waals surface area contributed by atoms with Gasteiger partial charge in [0.15, 0.2) is 23.3 Å². The van der Waals surface area contributed by atoms with Crippen LogP contribution in [0.25, 0.3) is 33.5 Å². The first-order chi connectivity index (χ1) is 12.4. The first kappa shape index (κ1) is 16.1. The van der Waals surface area contributed by atoms with Crippen molar-refractivity contribution in [2.75, 3.05) is 5.73 Å². The topological polar surface area (TPSA) is 85.4 Å². The van der Waals surface area contributed by atoms with Crippen LogP contribution >= 0.6 is 0 Å². The van der Waals surface area contributed by atoms with E-state index in [4.69, 9.17) is 5.73 Å². The first-order valence-corrected chi connectivity index (χ1v) is 7.33. The molecule has 10 heteroatoms. The number of halogens is 4. The van der Waals surface area contributed by atoms with Crippen molar-refractivity contribution in [1.82, 2.24) is 24.7 Å². The number of fused-ring (bicyclic) bond motifs is 1. The molecule has 0 aliphatic rings. The highest BCUT2D eigenvalue weighted by atomic mass is 19.2. The van der Waals surface area contributed by atoms with Crippen LogP contribution in [-0.4, -0.2) is 24.7 Å². The van der Waals surface area contributed by atoms with Crippen molar-refractivity contribution in [3.8, 4) is 22.5 Å². The molecule has 3 N–H and O–H groups in total. The Morgan fingerprint density at radius 1 is 1.00 bits per heavy atom. The van der Waals surface area contributed by atoms with Crippen molar-refractivity contribution in [2.45, 2.75) is 0 Å². The molecule has 0 unspecified atom stereocenters. The Morgan fingerprint density at radius 2 is 1.73 bits per heavy atom. The number of hydrogen-bond donors (Lipinski definition) is 2. The standard InChI is InChI=1S/C16H10F4N6/c1-26-5-7(4-23-26)6-2-8(15(21)22-3-6)16-24-13-11(19)9(17)10(18)12(20)14(13)25-16/h2-5H,1H3,(H2,21,22)(H,24,25). The largest absolute Gasteiger partial charge is 0.383 e. The van der Waals surface area contributed by atoms with E-state index in [9.17, 15) is 17.6 Å². The fourth-order valence-corrected chi connectivity index (χ4v) is 2.62. The zero-order valence-corrected chi connectivity index (χ0v) is 13.2. The minimum Gasteiger partial charge on any atom is -0.383 e. The number of aromatic nitrogens is 5. The van der Waals surface area contributed by atoms with Gasteiger partial charge in [-0.05, 0) is 6.07 Å². The van der Waals surface area contributed by atoms with Crippen LogP contribution in [0.3, 0.4) is 0 Å². The van der Waals surface area contributed by atoms with E-state index in [-0.39, 0.29) is 17.2 Å². The van der Waals surface area contributed by atoms with Crippen molar-refractivity contribution < 1.29 is 17.6 Å². The van der Waals surface area contributed by atoms with E-state index in [1.165, 1.54) is 6.20 Å². The molecule has 0 aliphatic carbocycles. The minimum atomic E-state index is -1.93. The van der Waals surface area contributed by atoms with Gasteiger partial charge in [0.1, 0.15) is 22.7 Å². The minimum absolute atomic E-state index is 0.0263. The van der Waals surface area contributed by atoms with Gasteiger partial charge >= 0.3 is 0 Å². The summed E-state index contributed by atoms with van der Waals surface area (Å²) >= 11 is 0. The number of nitrogen functional groups attached to an aromatic ring is 1. The van der Waals surface area contributed by atoms with Gasteiger partial charge in [0.25, 0.3) is 0 Å². The number of aromatic amines is 1. The maximum atomic E-state index is 13.9. The Labute approximate surface area is 143 Å². The molecule has 0 radical (unpaired) electrons. The Bertz CT molecular complexity index is 1120. The molecule has 0 amide bonds. The molecule has 3 heterocycles. The Hall–Kier alpha value is -3.43. The molecule has 26 heavy (non-hydrogen) atoms. The molecule has 1 aromatic carbocycles. The molecule has 0 fully saturated rings. The molecule has 0 aliphatic heterocycles. The van der Waals surface area contributed by atoms with Crippen LogP contribution in [0.5, 0.6) is 0 Å². The number of hydrogen-bond acceptors (Lipinski definition) is 4. The number of H-pyrrole nitrogens is 1. The lowest BCUT2D eigenvalue weighted by molar-refractivity contribution is 0.417. The number of imidazole rings is 1. The highest BCUT2D eigenvalue weighted by Crippen LogP contribution is 2.32. The number of anilines is 1. The summed E-state index contributed by atoms with van der Waals surface area (Å²) in [6.07, 6.45) is 4.83. The van der Waals surface area contributed by atoms with Gasteiger partial charge in [0.05, 0.1) is 11.8 Å². The van der Waals surface area contributed by atoms with E-state index < -0.39 is 34.3 Å². The molecule has 0 spiro atoms. The number of rotatable bonds is 2. The smallest absolute Gasteiger partial charge is 0.199 e. The van der Waals surface area contributed by atoms with Gasteiger partial charge in [-0.3, -0.25) is 4.68 Å². The summed E-state index contributed by atoms with van der Waals surface area (Å²) in [7, 11) is 1.74. The zero-order chi connectivity index (χ0) is 18.6. The second-order valence-electron chi connectivity index (χ2n) is 5.62. The molecule has 3 aromatic heterocycles. The van der Waals surface area contributed by atoms with E-state index in [0.29, 0.717) is 5.56 Å². The Kier molecular flexibility index (Phi) is 3.43. The summed E-state index contributed by atoms with van der Waals surface area (Å²) in [6, 6.07) is 1.58. The predicted molar refractivity (Wildman–Crippen MR) is 85.8 cm³/mol. The lowest BCUT2D eigenvalue weighted by atomic mass is 10.1. The number of nitrogens with two attached hydrogens (primary N) is 1. The van der Waals surface area contributed by atoms with Gasteiger partial charge in [-0.1, -0.05) is 0 Å². The summed E-state index contributed by atoms with van der Waals surface area (Å²) in [5.74, 6) is -7.04. The second kappa shape index (κ2) is 5.55. The number of nitrogens with zero attached hydrogens (tertiary/aromatic N) is 4. The lowest BCUT2D eigenvalue weighted by Gasteiger charge is -2.04. The number of pyridine rings is 1. The van der Waals surface area contributed by atoms with E-state index in [1.807, 2.05) is 0 Å². The van der Waals surface area contributed by atoms with Crippen molar-refractivity contribution in [3.05, 3.63) is 47.9 Å². The number of nitrogens with one attached hydrogen (secondary N) is 1. The molecule has 4 rings (SSSR count). The van der Waals surface area contributed by atoms with Crippen molar-refractivity contribution in [2.24, 2.45) is 7.05 Å². The molecule has 4 aromatic rings. The quantitative estimate of drug-likeness (QED) is 0.326. The van der Waals surface area contributed by atoms with Crippen LogP contribution in [-0.2, 0) is 7.05 Å². The lowest BCUT2D eigenvalue weighted by Crippen LogP contribution is -1.97. The zero-order valence-electron chi connectivity index (χ0n) is 13.2. The van der Waals surface area contributed by atoms with Crippen LogP contribution in [0.2, 0.25) is 0 Å². The highest BCUT2D eigenvalue weighted by molar-refractivity contribution is 5.84. The number of benzene rings is 1. The maximum Gasteiger partial charge on any atom is 0.199 e. The van der Waals surface area contributed by atoms with Gasteiger partial charge in [-0.2, -0.15) is 5.10 Å². The van der Waals surface area contributed by atoms with Gasteiger partial charge in [0, 0.05) is 30.6 Å². The van der Waals surface area contributed by atoms with Gasteiger partial charge < -0.3 is 10.7 Å². The average Bonchev–Trinajstić information content (AvgIpc) is 3.25. The summed E-state index contributed by atoms with van der Waals surface area (Å²) in [6.45, 7) is 0. The summed E-state index contributed by atoms with van der Waals surface area (Å²) in [5, 5.41) is 4.05. The van der Waals surface area contributed by atoms with E-state index in [1.54, 1.807) is 30.2 Å². The first-order valence-electron chi connectivity index (χ1n) is 7.33. The predicted octanol–water partition coefficient (Wildman–Crippen LogP) is 3.16.